The highest BCUT2D eigenvalue weighted by molar-refractivity contribution is 6.51. The first-order valence-corrected chi connectivity index (χ1v) is 4.36. The largest absolute Gasteiger partial charge is 0.399 e. The van der Waals surface area contributed by atoms with Crippen molar-refractivity contribution >= 4 is 20.4 Å². The first kappa shape index (κ1) is 6.36. The van der Waals surface area contributed by atoms with Gasteiger partial charge in [0.2, 0.25) is 0 Å². The lowest BCUT2D eigenvalue weighted by Crippen LogP contribution is -2.08. The van der Waals surface area contributed by atoms with E-state index in [2.05, 4.69) is 18.7 Å². The summed E-state index contributed by atoms with van der Waals surface area (Å²) in [4.78, 5) is 0. The molecule has 9 heavy (non-hydrogen) atoms. The van der Waals surface area contributed by atoms with E-state index in [0.717, 1.165) is 15.2 Å². The van der Waals surface area contributed by atoms with Gasteiger partial charge in [-0.1, -0.05) is 23.9 Å². The minimum Gasteiger partial charge on any atom is -0.399 e. The fourth-order valence-electron chi connectivity index (χ4n) is 0.650. The molecule has 0 aliphatic rings. The van der Waals surface area contributed by atoms with Crippen LogP contribution in [0.3, 0.4) is 0 Å². The first-order valence-electron chi connectivity index (χ1n) is 2.86. The average molecular weight is 135 g/mol. The zero-order valence-electron chi connectivity index (χ0n) is 5.39. The molecule has 1 rings (SSSR count). The van der Waals surface area contributed by atoms with Gasteiger partial charge >= 0.3 is 0 Å². The molecule has 0 heterocycles. The quantitative estimate of drug-likeness (QED) is 0.444. The molecule has 2 radical (unpaired) electrons. The summed E-state index contributed by atoms with van der Waals surface area (Å²) in [7, 11) is 0.871. The van der Waals surface area contributed by atoms with Crippen LogP contribution in [-0.4, -0.2) is 9.52 Å². The second kappa shape index (κ2) is 2.69. The fraction of sp³-hybridized carbons (Fsp3) is 0.143. The molecule has 0 spiro atoms. The van der Waals surface area contributed by atoms with Crippen LogP contribution in [0.5, 0.6) is 0 Å². The summed E-state index contributed by atoms with van der Waals surface area (Å²) < 4.78 is 0. The Hall–Kier alpha value is -0.763. The predicted molar refractivity (Wildman–Crippen MR) is 42.1 cm³/mol. The molecule has 0 bridgehead atoms. The minimum absolute atomic E-state index is 0.844. The third-order valence-corrected chi connectivity index (χ3v) is 2.11. The highest BCUT2D eigenvalue weighted by Gasteiger charge is 1.86. The summed E-state index contributed by atoms with van der Waals surface area (Å²) in [6, 6.07) is 8.00. The third kappa shape index (κ3) is 1.57. The van der Waals surface area contributed by atoms with Crippen LogP contribution >= 0.6 is 0 Å². The van der Waals surface area contributed by atoms with Crippen molar-refractivity contribution in [1.29, 1.82) is 0 Å². The Morgan fingerprint density at radius 3 is 2.22 bits per heavy atom. The van der Waals surface area contributed by atoms with Crippen molar-refractivity contribution in [3.8, 4) is 0 Å². The topological polar surface area (TPSA) is 26.0 Å². The van der Waals surface area contributed by atoms with E-state index < -0.39 is 0 Å². The Balaban J connectivity index is 2.88. The average Bonchev–Trinajstić information content (AvgIpc) is 1.90. The van der Waals surface area contributed by atoms with Gasteiger partial charge in [-0.25, -0.2) is 0 Å². The molecule has 0 amide bonds. The summed E-state index contributed by atoms with van der Waals surface area (Å²) >= 11 is 0. The van der Waals surface area contributed by atoms with E-state index in [9.17, 15) is 0 Å². The van der Waals surface area contributed by atoms with E-state index in [4.69, 9.17) is 5.73 Å². The number of benzene rings is 1. The van der Waals surface area contributed by atoms with Crippen molar-refractivity contribution in [3.63, 3.8) is 0 Å². The van der Waals surface area contributed by atoms with Crippen LogP contribution in [0.15, 0.2) is 24.3 Å². The number of rotatable bonds is 1. The molecule has 1 aromatic rings. The van der Waals surface area contributed by atoms with Crippen molar-refractivity contribution in [2.45, 2.75) is 6.55 Å². The standard InChI is InChI=1S/C7H9NSi/c1-9-7-4-2-6(8)3-5-7/h2-5H,8H2,1H3. The van der Waals surface area contributed by atoms with Gasteiger partial charge in [0.15, 0.2) is 0 Å². The van der Waals surface area contributed by atoms with Crippen LogP contribution in [0.2, 0.25) is 6.55 Å². The molecule has 46 valence electrons. The van der Waals surface area contributed by atoms with Gasteiger partial charge in [-0.2, -0.15) is 0 Å². The summed E-state index contributed by atoms with van der Waals surface area (Å²) in [5.74, 6) is 0. The smallest absolute Gasteiger partial charge is 0.0773 e. The molecule has 2 heteroatoms. The third-order valence-electron chi connectivity index (χ3n) is 1.20. The molecule has 0 aliphatic heterocycles. The second-order valence-electron chi connectivity index (χ2n) is 1.87. The van der Waals surface area contributed by atoms with E-state index in [0.29, 0.717) is 0 Å². The van der Waals surface area contributed by atoms with Gasteiger partial charge < -0.3 is 5.73 Å². The maximum absolute atomic E-state index is 5.48. The van der Waals surface area contributed by atoms with Gasteiger partial charge in [0, 0.05) is 5.69 Å². The Morgan fingerprint density at radius 1 is 1.22 bits per heavy atom. The lowest BCUT2D eigenvalue weighted by molar-refractivity contribution is 1.72. The Labute approximate surface area is 57.7 Å². The van der Waals surface area contributed by atoms with Crippen molar-refractivity contribution < 1.29 is 0 Å². The SMILES string of the molecule is C[Si]c1ccc(N)cc1. The van der Waals surface area contributed by atoms with E-state index in [1.807, 2.05) is 12.1 Å². The van der Waals surface area contributed by atoms with E-state index in [1.165, 1.54) is 5.19 Å². The zero-order chi connectivity index (χ0) is 6.69. The monoisotopic (exact) mass is 135 g/mol. The lowest BCUT2D eigenvalue weighted by atomic mass is 10.3. The van der Waals surface area contributed by atoms with Crippen LogP contribution in [0.4, 0.5) is 5.69 Å². The van der Waals surface area contributed by atoms with Gasteiger partial charge in [0.05, 0.1) is 9.52 Å². The maximum atomic E-state index is 5.48. The number of hydrogen-bond acceptors (Lipinski definition) is 1. The molecule has 0 saturated carbocycles. The Kier molecular flexibility index (Phi) is 1.90. The molecule has 2 N–H and O–H groups in total. The molecule has 0 fully saturated rings. The van der Waals surface area contributed by atoms with Crippen LogP contribution < -0.4 is 10.9 Å². The van der Waals surface area contributed by atoms with Crippen LogP contribution in [0, 0.1) is 0 Å². The minimum atomic E-state index is 0.844. The molecule has 0 atom stereocenters. The second-order valence-corrected chi connectivity index (χ2v) is 2.95. The first-order chi connectivity index (χ1) is 4.33. The molecule has 0 unspecified atom stereocenters. The van der Waals surface area contributed by atoms with Gasteiger partial charge in [0.25, 0.3) is 0 Å². The van der Waals surface area contributed by atoms with Gasteiger partial charge in [0.1, 0.15) is 0 Å². The molecular formula is C7H9NSi. The normalized spacial score (nSPS) is 9.44. The molecule has 0 saturated heterocycles. The fourth-order valence-corrected chi connectivity index (χ4v) is 1.15. The van der Waals surface area contributed by atoms with E-state index in [1.54, 1.807) is 0 Å². The molecule has 0 aromatic heterocycles. The predicted octanol–water partition coefficient (Wildman–Crippen LogP) is 0.646. The van der Waals surface area contributed by atoms with Crippen LogP contribution in [-0.2, 0) is 0 Å². The lowest BCUT2D eigenvalue weighted by Gasteiger charge is -1.93. The van der Waals surface area contributed by atoms with Crippen molar-refractivity contribution in [3.05, 3.63) is 24.3 Å². The van der Waals surface area contributed by atoms with E-state index in [-0.39, 0.29) is 0 Å². The zero-order valence-corrected chi connectivity index (χ0v) is 6.39. The highest BCUT2D eigenvalue weighted by atomic mass is 28.2. The molecular weight excluding hydrogens is 126 g/mol. The summed E-state index contributed by atoms with van der Waals surface area (Å²) in [6.45, 7) is 2.16. The maximum Gasteiger partial charge on any atom is 0.0773 e. The Bertz CT molecular complexity index is 181. The van der Waals surface area contributed by atoms with Crippen molar-refractivity contribution in [2.75, 3.05) is 5.73 Å². The molecule has 0 aliphatic carbocycles. The van der Waals surface area contributed by atoms with Crippen molar-refractivity contribution in [2.24, 2.45) is 0 Å². The summed E-state index contributed by atoms with van der Waals surface area (Å²) in [6.07, 6.45) is 0. The Morgan fingerprint density at radius 2 is 1.78 bits per heavy atom. The number of nitrogens with two attached hydrogens (primary N) is 1. The van der Waals surface area contributed by atoms with E-state index >= 15 is 0 Å². The molecule has 1 aromatic carbocycles. The van der Waals surface area contributed by atoms with Gasteiger partial charge in [-0.3, -0.25) is 0 Å². The number of nitrogen functional groups attached to an aromatic ring is 1. The number of anilines is 1. The van der Waals surface area contributed by atoms with Crippen molar-refractivity contribution in [1.82, 2.24) is 0 Å². The summed E-state index contributed by atoms with van der Waals surface area (Å²) in [5, 5.41) is 1.37. The number of hydrogen-bond donors (Lipinski definition) is 1. The summed E-state index contributed by atoms with van der Waals surface area (Å²) in [5.41, 5.74) is 6.33. The van der Waals surface area contributed by atoms with Crippen LogP contribution in [0.25, 0.3) is 0 Å². The van der Waals surface area contributed by atoms with Gasteiger partial charge in [-0.05, 0) is 12.1 Å². The van der Waals surface area contributed by atoms with Gasteiger partial charge in [-0.15, -0.1) is 0 Å². The van der Waals surface area contributed by atoms with Crippen LogP contribution in [0.1, 0.15) is 0 Å². The molecule has 1 nitrogen and oxygen atoms in total. The highest BCUT2D eigenvalue weighted by Crippen LogP contribution is 1.94.